The predicted molar refractivity (Wildman–Crippen MR) is 156 cm³/mol. The standard InChI is InChI=1S/C32H36N4O5/c1-19(21-6-11-25(38-3)12-7-21)35-17-23(15-30(35)37)20(2)41-32-31-27(33-18-36(31)24-9-10-24)16-26(34-32)22-8-13-28(39-4)29(14-22)40-5/h6-8,11-14,16,18-20,23-24H,9-10,15,17H2,1-5H3. The van der Waals surface area contributed by atoms with Crippen LogP contribution in [0.15, 0.2) is 54.9 Å². The first-order chi connectivity index (χ1) is 19.9. The molecule has 1 saturated carbocycles. The van der Waals surface area contributed by atoms with Gasteiger partial charge in [0.25, 0.3) is 0 Å². The Balaban J connectivity index is 1.28. The summed E-state index contributed by atoms with van der Waals surface area (Å²) in [6.07, 6.45) is 4.32. The van der Waals surface area contributed by atoms with E-state index in [0.717, 1.165) is 46.4 Å². The number of aromatic nitrogens is 3. The van der Waals surface area contributed by atoms with Crippen LogP contribution in [-0.4, -0.2) is 59.3 Å². The molecule has 3 unspecified atom stereocenters. The van der Waals surface area contributed by atoms with E-state index in [1.807, 2.05) is 66.7 Å². The van der Waals surface area contributed by atoms with Gasteiger partial charge in [-0.15, -0.1) is 0 Å². The second kappa shape index (κ2) is 11.0. The van der Waals surface area contributed by atoms with Crippen LogP contribution in [0.3, 0.4) is 0 Å². The smallest absolute Gasteiger partial charge is 0.241 e. The van der Waals surface area contributed by atoms with Crippen LogP contribution in [-0.2, 0) is 4.79 Å². The summed E-state index contributed by atoms with van der Waals surface area (Å²) in [5.74, 6) is 2.78. The van der Waals surface area contributed by atoms with Gasteiger partial charge in [-0.1, -0.05) is 12.1 Å². The normalized spacial score (nSPS) is 18.4. The summed E-state index contributed by atoms with van der Waals surface area (Å²) in [5.41, 5.74) is 4.41. The lowest BCUT2D eigenvalue weighted by Gasteiger charge is -2.27. The van der Waals surface area contributed by atoms with Gasteiger partial charge in [-0.3, -0.25) is 4.79 Å². The SMILES string of the molecule is COc1ccc(C(C)N2CC(C(C)Oc3nc(-c4ccc(OC)c(OC)c4)cc4ncn(C5CC5)c34)CC2=O)cc1. The van der Waals surface area contributed by atoms with E-state index in [2.05, 4.69) is 11.5 Å². The van der Waals surface area contributed by atoms with Crippen molar-refractivity contribution in [2.24, 2.45) is 5.92 Å². The summed E-state index contributed by atoms with van der Waals surface area (Å²) in [6, 6.07) is 16.0. The van der Waals surface area contributed by atoms with Gasteiger partial charge >= 0.3 is 0 Å². The molecule has 1 aliphatic carbocycles. The van der Waals surface area contributed by atoms with E-state index in [-0.39, 0.29) is 24.0 Å². The van der Waals surface area contributed by atoms with Crippen molar-refractivity contribution in [2.45, 2.75) is 51.3 Å². The summed E-state index contributed by atoms with van der Waals surface area (Å²) < 4.78 is 25.1. The Morgan fingerprint density at radius 3 is 2.37 bits per heavy atom. The molecule has 3 atom stereocenters. The van der Waals surface area contributed by atoms with Crippen molar-refractivity contribution in [1.29, 1.82) is 0 Å². The average molecular weight is 557 g/mol. The Morgan fingerprint density at radius 1 is 0.927 bits per heavy atom. The third-order valence-corrected chi connectivity index (χ3v) is 8.36. The zero-order valence-corrected chi connectivity index (χ0v) is 24.2. The molecule has 0 bridgehead atoms. The predicted octanol–water partition coefficient (Wildman–Crippen LogP) is 5.84. The number of ether oxygens (including phenoxy) is 4. The van der Waals surface area contributed by atoms with Gasteiger partial charge in [0.2, 0.25) is 11.8 Å². The van der Waals surface area contributed by atoms with Crippen LogP contribution in [0.5, 0.6) is 23.1 Å². The second-order valence-electron chi connectivity index (χ2n) is 10.9. The minimum atomic E-state index is -0.231. The van der Waals surface area contributed by atoms with Crippen LogP contribution in [0.2, 0.25) is 0 Å². The Bertz CT molecular complexity index is 1560. The Hall–Kier alpha value is -4.27. The first kappa shape index (κ1) is 26.9. The topological polar surface area (TPSA) is 87.9 Å². The largest absolute Gasteiger partial charge is 0.497 e. The quantitative estimate of drug-likeness (QED) is 0.243. The minimum Gasteiger partial charge on any atom is -0.497 e. The first-order valence-electron chi connectivity index (χ1n) is 14.1. The molecule has 214 valence electrons. The van der Waals surface area contributed by atoms with Crippen molar-refractivity contribution in [1.82, 2.24) is 19.4 Å². The lowest BCUT2D eigenvalue weighted by molar-refractivity contribution is -0.129. The Kier molecular flexibility index (Phi) is 7.19. The number of pyridine rings is 1. The van der Waals surface area contributed by atoms with Gasteiger partial charge < -0.3 is 28.4 Å². The van der Waals surface area contributed by atoms with Gasteiger partial charge in [-0.25, -0.2) is 9.97 Å². The van der Waals surface area contributed by atoms with E-state index >= 15 is 0 Å². The molecular weight excluding hydrogens is 520 g/mol. The van der Waals surface area contributed by atoms with Gasteiger partial charge in [-0.05, 0) is 68.7 Å². The van der Waals surface area contributed by atoms with Crippen LogP contribution in [0.25, 0.3) is 22.3 Å². The van der Waals surface area contributed by atoms with E-state index in [1.54, 1.807) is 21.3 Å². The van der Waals surface area contributed by atoms with Crippen LogP contribution in [0.4, 0.5) is 0 Å². The fraction of sp³-hybridized carbons (Fsp3) is 0.406. The molecule has 4 aromatic rings. The van der Waals surface area contributed by atoms with Gasteiger partial charge in [0.05, 0.1) is 44.9 Å². The van der Waals surface area contributed by atoms with E-state index in [1.165, 1.54) is 0 Å². The third kappa shape index (κ3) is 5.16. The highest BCUT2D eigenvalue weighted by atomic mass is 16.5. The molecule has 41 heavy (non-hydrogen) atoms. The van der Waals surface area contributed by atoms with Gasteiger partial charge in [-0.2, -0.15) is 0 Å². The van der Waals surface area contributed by atoms with Crippen molar-refractivity contribution < 1.29 is 23.7 Å². The van der Waals surface area contributed by atoms with Crippen LogP contribution in [0.1, 0.15) is 50.8 Å². The van der Waals surface area contributed by atoms with Crippen molar-refractivity contribution in [3.05, 3.63) is 60.4 Å². The Labute approximate surface area is 240 Å². The number of fused-ring (bicyclic) bond motifs is 1. The number of methoxy groups -OCH3 is 3. The molecule has 1 saturated heterocycles. The number of nitrogens with zero attached hydrogens (tertiary/aromatic N) is 4. The number of hydrogen-bond acceptors (Lipinski definition) is 7. The van der Waals surface area contributed by atoms with Crippen LogP contribution >= 0.6 is 0 Å². The van der Waals surface area contributed by atoms with E-state index in [4.69, 9.17) is 28.9 Å². The number of likely N-dealkylation sites (tertiary alicyclic amines) is 1. The zero-order chi connectivity index (χ0) is 28.7. The van der Waals surface area contributed by atoms with E-state index in [0.29, 0.717) is 36.4 Å². The molecule has 1 amide bonds. The number of hydrogen-bond donors (Lipinski definition) is 0. The summed E-state index contributed by atoms with van der Waals surface area (Å²) in [4.78, 5) is 24.8. The fourth-order valence-electron chi connectivity index (χ4n) is 5.66. The maximum Gasteiger partial charge on any atom is 0.241 e. The van der Waals surface area contributed by atoms with Gasteiger partial charge in [0, 0.05) is 30.5 Å². The van der Waals surface area contributed by atoms with Crippen molar-refractivity contribution >= 4 is 16.9 Å². The molecule has 0 spiro atoms. The highest BCUT2D eigenvalue weighted by Crippen LogP contribution is 2.41. The maximum atomic E-state index is 13.1. The van der Waals surface area contributed by atoms with Crippen LogP contribution in [0, 0.1) is 5.92 Å². The molecule has 0 radical (unpaired) electrons. The molecular formula is C32H36N4O5. The third-order valence-electron chi connectivity index (χ3n) is 8.36. The highest BCUT2D eigenvalue weighted by molar-refractivity contribution is 5.85. The molecule has 9 nitrogen and oxygen atoms in total. The molecule has 3 heterocycles. The van der Waals surface area contributed by atoms with Gasteiger partial charge in [0.15, 0.2) is 11.5 Å². The number of carbonyl (C=O) groups excluding carboxylic acids is 1. The lowest BCUT2D eigenvalue weighted by atomic mass is 10.0. The average Bonchev–Trinajstić information content (AvgIpc) is 3.63. The number of amides is 1. The molecule has 2 aliphatic rings. The molecule has 0 N–H and O–H groups in total. The lowest BCUT2D eigenvalue weighted by Crippen LogP contribution is -2.31. The Morgan fingerprint density at radius 2 is 1.68 bits per heavy atom. The minimum absolute atomic E-state index is 0.0297. The number of imidazole rings is 1. The molecule has 2 fully saturated rings. The molecule has 1 aliphatic heterocycles. The molecule has 2 aromatic carbocycles. The number of benzene rings is 2. The second-order valence-corrected chi connectivity index (χ2v) is 10.9. The van der Waals surface area contributed by atoms with E-state index in [9.17, 15) is 4.79 Å². The first-order valence-corrected chi connectivity index (χ1v) is 14.1. The molecule has 6 rings (SSSR count). The van der Waals surface area contributed by atoms with Crippen molar-refractivity contribution in [3.8, 4) is 34.4 Å². The maximum absolute atomic E-state index is 13.1. The monoisotopic (exact) mass is 556 g/mol. The van der Waals surface area contributed by atoms with Crippen LogP contribution < -0.4 is 18.9 Å². The summed E-state index contributed by atoms with van der Waals surface area (Å²) in [6.45, 7) is 4.72. The van der Waals surface area contributed by atoms with Crippen molar-refractivity contribution in [3.63, 3.8) is 0 Å². The fourth-order valence-corrected chi connectivity index (χ4v) is 5.66. The highest BCUT2D eigenvalue weighted by Gasteiger charge is 2.37. The molecule has 9 heteroatoms. The molecule has 2 aromatic heterocycles. The summed E-state index contributed by atoms with van der Waals surface area (Å²) in [5, 5.41) is 0. The number of rotatable bonds is 10. The summed E-state index contributed by atoms with van der Waals surface area (Å²) in [7, 11) is 4.89. The summed E-state index contributed by atoms with van der Waals surface area (Å²) >= 11 is 0. The van der Waals surface area contributed by atoms with E-state index < -0.39 is 0 Å². The number of carbonyl (C=O) groups is 1. The van der Waals surface area contributed by atoms with Crippen molar-refractivity contribution in [2.75, 3.05) is 27.9 Å². The zero-order valence-electron chi connectivity index (χ0n) is 24.2. The van der Waals surface area contributed by atoms with Gasteiger partial charge in [0.1, 0.15) is 17.4 Å².